The molecule has 0 radical (unpaired) electrons. The summed E-state index contributed by atoms with van der Waals surface area (Å²) in [5.74, 6) is -0.474. The highest BCUT2D eigenvalue weighted by atomic mass is 32.1. The fourth-order valence-electron chi connectivity index (χ4n) is 2.86. The monoisotopic (exact) mass is 415 g/mol. The van der Waals surface area contributed by atoms with Crippen LogP contribution in [-0.4, -0.2) is 35.2 Å². The Labute approximate surface area is 163 Å². The number of hydrogen-bond donors (Lipinski definition) is 1. The smallest absolute Gasteiger partial charge is 0.400 e. The lowest BCUT2D eigenvalue weighted by atomic mass is 9.88. The van der Waals surface area contributed by atoms with Crippen LogP contribution in [0.15, 0.2) is 21.3 Å². The summed E-state index contributed by atoms with van der Waals surface area (Å²) >= 11 is 1.10. The summed E-state index contributed by atoms with van der Waals surface area (Å²) in [7, 11) is 0. The Bertz CT molecular complexity index is 944. The molecule has 3 heterocycles. The molecule has 0 aromatic carbocycles. The molecular weight excluding hydrogens is 395 g/mol. The van der Waals surface area contributed by atoms with E-state index in [1.54, 1.807) is 11.8 Å². The van der Waals surface area contributed by atoms with Crippen LogP contribution in [0.1, 0.15) is 38.1 Å². The number of anilines is 1. The van der Waals surface area contributed by atoms with Gasteiger partial charge < -0.3 is 9.32 Å². The van der Waals surface area contributed by atoms with Gasteiger partial charge in [-0.3, -0.25) is 5.32 Å². The van der Waals surface area contributed by atoms with E-state index in [0.717, 1.165) is 44.1 Å². The van der Waals surface area contributed by atoms with Crippen LogP contribution in [0.3, 0.4) is 0 Å². The highest BCUT2D eigenvalue weighted by molar-refractivity contribution is 7.19. The molecular formula is C18H20F3N3O3S. The average molecular weight is 415 g/mol. The molecule has 10 heteroatoms. The molecule has 152 valence electrons. The van der Waals surface area contributed by atoms with E-state index in [9.17, 15) is 22.8 Å². The quantitative estimate of drug-likeness (QED) is 0.799. The van der Waals surface area contributed by atoms with Crippen molar-refractivity contribution >= 4 is 22.5 Å². The predicted octanol–water partition coefficient (Wildman–Crippen LogP) is 4.54. The number of carbonyl (C=O) groups excluding carboxylic acids is 1. The summed E-state index contributed by atoms with van der Waals surface area (Å²) in [6, 6.07) is 2.08. The third-order valence-electron chi connectivity index (χ3n) is 4.76. The highest BCUT2D eigenvalue weighted by Gasteiger charge is 2.50. The average Bonchev–Trinajstić information content (AvgIpc) is 3.23. The van der Waals surface area contributed by atoms with Gasteiger partial charge in [0, 0.05) is 24.7 Å². The number of likely N-dealkylation sites (tertiary alicyclic amines) is 1. The molecule has 28 heavy (non-hydrogen) atoms. The Morgan fingerprint density at radius 1 is 1.25 bits per heavy atom. The number of hydrogen-bond acceptors (Lipinski definition) is 5. The SMILES string of the molecule is Cc1nc(NC(=O)N2CCCC2)sc1-c1cc(C(C)(C)C(F)(F)F)oc(=O)c1. The molecule has 0 unspecified atom stereocenters. The normalized spacial score (nSPS) is 15.1. The van der Waals surface area contributed by atoms with Crippen molar-refractivity contribution < 1.29 is 22.4 Å². The first kappa shape index (κ1) is 20.4. The largest absolute Gasteiger partial charge is 0.427 e. The van der Waals surface area contributed by atoms with Gasteiger partial charge in [0.2, 0.25) is 0 Å². The molecule has 2 aromatic heterocycles. The van der Waals surface area contributed by atoms with Crippen LogP contribution in [0.5, 0.6) is 0 Å². The first-order chi connectivity index (χ1) is 13.0. The molecule has 0 saturated carbocycles. The van der Waals surface area contributed by atoms with Crippen LogP contribution in [0.4, 0.5) is 23.1 Å². The van der Waals surface area contributed by atoms with Crippen molar-refractivity contribution in [2.24, 2.45) is 0 Å². The van der Waals surface area contributed by atoms with Crippen LogP contribution < -0.4 is 10.9 Å². The van der Waals surface area contributed by atoms with Crippen LogP contribution in [0.2, 0.25) is 0 Å². The number of thiazole rings is 1. The summed E-state index contributed by atoms with van der Waals surface area (Å²) in [5.41, 5.74) is -2.42. The summed E-state index contributed by atoms with van der Waals surface area (Å²) in [5, 5.41) is 3.04. The predicted molar refractivity (Wildman–Crippen MR) is 99.7 cm³/mol. The van der Waals surface area contributed by atoms with Gasteiger partial charge in [0.25, 0.3) is 0 Å². The minimum atomic E-state index is -4.58. The van der Waals surface area contributed by atoms with Crippen LogP contribution in [0.25, 0.3) is 10.4 Å². The third kappa shape index (κ3) is 3.91. The second kappa shape index (κ2) is 7.23. The van der Waals surface area contributed by atoms with E-state index in [1.165, 1.54) is 6.07 Å². The first-order valence-electron chi connectivity index (χ1n) is 8.75. The third-order valence-corrected chi connectivity index (χ3v) is 5.88. The molecule has 2 aromatic rings. The molecule has 1 aliphatic heterocycles. The molecule has 1 N–H and O–H groups in total. The zero-order chi connectivity index (χ0) is 20.7. The van der Waals surface area contributed by atoms with E-state index in [2.05, 4.69) is 10.3 Å². The maximum atomic E-state index is 13.3. The molecule has 0 spiro atoms. The van der Waals surface area contributed by atoms with E-state index >= 15 is 0 Å². The van der Waals surface area contributed by atoms with Gasteiger partial charge in [-0.05, 0) is 39.7 Å². The van der Waals surface area contributed by atoms with Crippen molar-refractivity contribution in [1.82, 2.24) is 9.88 Å². The molecule has 1 aliphatic rings. The fourth-order valence-corrected chi connectivity index (χ4v) is 3.81. The summed E-state index contributed by atoms with van der Waals surface area (Å²) in [4.78, 5) is 30.6. The maximum absolute atomic E-state index is 13.3. The molecule has 2 amide bonds. The van der Waals surface area contributed by atoms with Crippen molar-refractivity contribution in [3.05, 3.63) is 34.0 Å². The van der Waals surface area contributed by atoms with Crippen molar-refractivity contribution in [3.8, 4) is 10.4 Å². The maximum Gasteiger partial charge on any atom is 0.400 e. The minimum absolute atomic E-state index is 0.260. The summed E-state index contributed by atoms with van der Waals surface area (Å²) < 4.78 is 44.8. The Morgan fingerprint density at radius 2 is 1.89 bits per heavy atom. The van der Waals surface area contributed by atoms with Crippen LogP contribution in [-0.2, 0) is 5.41 Å². The van der Waals surface area contributed by atoms with E-state index in [4.69, 9.17) is 4.42 Å². The number of amides is 2. The van der Waals surface area contributed by atoms with E-state index in [-0.39, 0.29) is 11.6 Å². The van der Waals surface area contributed by atoms with Crippen molar-refractivity contribution in [2.75, 3.05) is 18.4 Å². The number of rotatable bonds is 3. The van der Waals surface area contributed by atoms with Gasteiger partial charge in [-0.25, -0.2) is 14.6 Å². The minimum Gasteiger partial charge on any atom is -0.427 e. The number of nitrogens with one attached hydrogen (secondary N) is 1. The lowest BCUT2D eigenvalue weighted by Crippen LogP contribution is -2.37. The molecule has 1 saturated heterocycles. The summed E-state index contributed by atoms with van der Waals surface area (Å²) in [6.45, 7) is 4.93. The van der Waals surface area contributed by atoms with Gasteiger partial charge in [-0.1, -0.05) is 11.3 Å². The highest BCUT2D eigenvalue weighted by Crippen LogP contribution is 2.41. The van der Waals surface area contributed by atoms with Crippen LogP contribution in [0, 0.1) is 6.92 Å². The number of alkyl halides is 3. The number of halogens is 3. The number of aromatic nitrogens is 1. The number of urea groups is 1. The zero-order valence-electron chi connectivity index (χ0n) is 15.6. The van der Waals surface area contributed by atoms with Gasteiger partial charge in [-0.2, -0.15) is 13.2 Å². The van der Waals surface area contributed by atoms with Crippen molar-refractivity contribution in [1.29, 1.82) is 0 Å². The number of carbonyl (C=O) groups is 1. The standard InChI is InChI=1S/C18H20F3N3O3S/c1-10-14(28-15(22-10)23-16(26)24-6-4-5-7-24)11-8-12(27-13(25)9-11)17(2,3)18(19,20)21/h8-9H,4-7H2,1-3H3,(H,22,23,26). The Morgan fingerprint density at radius 3 is 2.50 bits per heavy atom. The van der Waals surface area contributed by atoms with Crippen molar-refractivity contribution in [2.45, 2.75) is 45.2 Å². The van der Waals surface area contributed by atoms with Gasteiger partial charge in [0.1, 0.15) is 11.2 Å². The molecule has 6 nitrogen and oxygen atoms in total. The molecule has 0 atom stereocenters. The van der Waals surface area contributed by atoms with Crippen LogP contribution >= 0.6 is 11.3 Å². The van der Waals surface area contributed by atoms with Crippen molar-refractivity contribution in [3.63, 3.8) is 0 Å². The first-order valence-corrected chi connectivity index (χ1v) is 9.57. The lowest BCUT2D eigenvalue weighted by Gasteiger charge is -2.26. The fraction of sp³-hybridized carbons (Fsp3) is 0.500. The Balaban J connectivity index is 1.93. The van der Waals surface area contributed by atoms with E-state index in [0.29, 0.717) is 28.8 Å². The lowest BCUT2D eigenvalue weighted by molar-refractivity contribution is -0.185. The molecule has 3 rings (SSSR count). The van der Waals surface area contributed by atoms with Gasteiger partial charge in [0.05, 0.1) is 10.6 Å². The molecule has 0 bridgehead atoms. The van der Waals surface area contributed by atoms with E-state index < -0.39 is 23.0 Å². The zero-order valence-corrected chi connectivity index (χ0v) is 16.5. The Kier molecular flexibility index (Phi) is 5.26. The van der Waals surface area contributed by atoms with Gasteiger partial charge >= 0.3 is 17.8 Å². The van der Waals surface area contributed by atoms with E-state index in [1.807, 2.05) is 0 Å². The van der Waals surface area contributed by atoms with Gasteiger partial charge in [-0.15, -0.1) is 0 Å². The number of nitrogens with zero attached hydrogens (tertiary/aromatic N) is 2. The summed E-state index contributed by atoms with van der Waals surface area (Å²) in [6.07, 6.45) is -2.68. The molecule has 0 aliphatic carbocycles. The second-order valence-corrected chi connectivity index (χ2v) is 8.21. The van der Waals surface area contributed by atoms with Gasteiger partial charge in [0.15, 0.2) is 5.13 Å². The topological polar surface area (TPSA) is 75.4 Å². The number of aryl methyl sites for hydroxylation is 1. The second-order valence-electron chi connectivity index (χ2n) is 7.21. The molecule has 1 fully saturated rings. The Hall–Kier alpha value is -2.36.